The van der Waals surface area contributed by atoms with E-state index in [1.165, 1.54) is 11.1 Å². The third-order valence-corrected chi connectivity index (χ3v) is 6.58. The van der Waals surface area contributed by atoms with Crippen LogP contribution >= 0.6 is 11.3 Å². The second-order valence-corrected chi connectivity index (χ2v) is 8.95. The maximum atomic E-state index is 12.7. The van der Waals surface area contributed by atoms with Crippen LogP contribution in [0.2, 0.25) is 0 Å². The number of nitrogens with one attached hydrogen (secondary N) is 1. The fourth-order valence-electron chi connectivity index (χ4n) is 4.13. The van der Waals surface area contributed by atoms with Gasteiger partial charge in [-0.1, -0.05) is 42.5 Å². The third-order valence-electron chi connectivity index (χ3n) is 5.71. The maximum Gasteiger partial charge on any atom is 0.225 e. The topological polar surface area (TPSA) is 80.9 Å². The molecule has 0 bridgehead atoms. The average molecular weight is 441 g/mol. The lowest BCUT2D eigenvalue weighted by atomic mass is 9.91. The molecule has 1 aliphatic rings. The van der Waals surface area contributed by atoms with Crippen LogP contribution in [0.1, 0.15) is 29.7 Å². The summed E-state index contributed by atoms with van der Waals surface area (Å²) in [7, 11) is 0. The Morgan fingerprint density at radius 3 is 2.69 bits per heavy atom. The summed E-state index contributed by atoms with van der Waals surface area (Å²) < 4.78 is 0. The summed E-state index contributed by atoms with van der Waals surface area (Å²) >= 11 is 1.59. The van der Waals surface area contributed by atoms with Gasteiger partial charge in [0.1, 0.15) is 5.69 Å². The van der Waals surface area contributed by atoms with E-state index in [0.29, 0.717) is 12.2 Å². The van der Waals surface area contributed by atoms with Crippen LogP contribution in [0.4, 0.5) is 11.5 Å². The number of hydrogen-bond donors (Lipinski definition) is 2. The molecule has 160 valence electrons. The Hall–Kier alpha value is -3.51. The molecule has 0 spiro atoms. The second kappa shape index (κ2) is 8.93. The number of carbonyl (C=O) groups excluding carboxylic acids is 1. The number of hydrogen-bond acceptors (Lipinski definition) is 5. The summed E-state index contributed by atoms with van der Waals surface area (Å²) in [5.41, 5.74) is 12.8. The minimum Gasteiger partial charge on any atom is -0.399 e. The fraction of sp³-hybridized carbons (Fsp3) is 0.192. The molecular formula is C26H24N4OS. The zero-order valence-electron chi connectivity index (χ0n) is 17.7. The lowest BCUT2D eigenvalue weighted by Gasteiger charge is -2.21. The van der Waals surface area contributed by atoms with Crippen LogP contribution in [0.5, 0.6) is 0 Å². The average Bonchev–Trinajstić information content (AvgIpc) is 3.34. The van der Waals surface area contributed by atoms with Crippen LogP contribution < -0.4 is 11.1 Å². The van der Waals surface area contributed by atoms with Gasteiger partial charge < -0.3 is 11.1 Å². The van der Waals surface area contributed by atoms with Crippen LogP contribution in [0.25, 0.3) is 21.8 Å². The van der Waals surface area contributed by atoms with E-state index in [1.807, 2.05) is 53.9 Å². The number of carbonyl (C=O) groups is 1. The van der Waals surface area contributed by atoms with E-state index in [-0.39, 0.29) is 5.91 Å². The highest BCUT2D eigenvalue weighted by molar-refractivity contribution is 7.13. The van der Waals surface area contributed by atoms with Gasteiger partial charge in [-0.25, -0.2) is 9.97 Å². The molecule has 2 aromatic heterocycles. The number of nitrogen functional groups attached to an aromatic ring is 1. The molecule has 5 nitrogen and oxygen atoms in total. The first-order valence-electron chi connectivity index (χ1n) is 10.8. The number of benzene rings is 2. The van der Waals surface area contributed by atoms with Crippen molar-refractivity contribution in [3.63, 3.8) is 0 Å². The third kappa shape index (κ3) is 4.27. The van der Waals surface area contributed by atoms with Gasteiger partial charge in [-0.15, -0.1) is 11.3 Å². The first-order chi connectivity index (χ1) is 15.7. The predicted molar refractivity (Wildman–Crippen MR) is 131 cm³/mol. The van der Waals surface area contributed by atoms with E-state index in [2.05, 4.69) is 17.4 Å². The van der Waals surface area contributed by atoms with Gasteiger partial charge in [-0.3, -0.25) is 4.79 Å². The van der Waals surface area contributed by atoms with Crippen molar-refractivity contribution in [1.82, 2.24) is 9.97 Å². The van der Waals surface area contributed by atoms with Crippen LogP contribution in [0.15, 0.2) is 66.0 Å². The molecule has 0 saturated carbocycles. The molecule has 6 heteroatoms. The minimum absolute atomic E-state index is 0.0306. The van der Waals surface area contributed by atoms with Crippen molar-refractivity contribution in [2.24, 2.45) is 0 Å². The van der Waals surface area contributed by atoms with E-state index in [0.717, 1.165) is 58.9 Å². The fourth-order valence-corrected chi connectivity index (χ4v) is 4.84. The quantitative estimate of drug-likeness (QED) is 0.387. The Labute approximate surface area is 191 Å². The van der Waals surface area contributed by atoms with Gasteiger partial charge >= 0.3 is 0 Å². The number of nitrogens with two attached hydrogens (primary N) is 1. The van der Waals surface area contributed by atoms with Crippen molar-refractivity contribution in [1.29, 1.82) is 0 Å². The first kappa shape index (κ1) is 20.4. The summed E-state index contributed by atoms with van der Waals surface area (Å²) in [6.07, 6.45) is 3.75. The molecule has 2 heterocycles. The zero-order chi connectivity index (χ0) is 21.9. The van der Waals surface area contributed by atoms with E-state index in [9.17, 15) is 4.79 Å². The number of rotatable bonds is 6. The molecule has 0 aliphatic heterocycles. The highest BCUT2D eigenvalue weighted by atomic mass is 32.1. The second-order valence-electron chi connectivity index (χ2n) is 8.00. The Morgan fingerprint density at radius 2 is 1.88 bits per heavy atom. The number of aromatic nitrogens is 2. The molecule has 1 aliphatic carbocycles. The van der Waals surface area contributed by atoms with Gasteiger partial charge in [0, 0.05) is 17.7 Å². The Bertz CT molecular complexity index is 1250. The summed E-state index contributed by atoms with van der Waals surface area (Å²) in [6, 6.07) is 20.2. The van der Waals surface area contributed by atoms with E-state index in [1.54, 1.807) is 11.3 Å². The molecule has 1 amide bonds. The molecule has 3 N–H and O–H groups in total. The monoisotopic (exact) mass is 440 g/mol. The highest BCUT2D eigenvalue weighted by Gasteiger charge is 2.23. The Morgan fingerprint density at radius 1 is 1.00 bits per heavy atom. The van der Waals surface area contributed by atoms with E-state index in [4.69, 9.17) is 15.7 Å². The van der Waals surface area contributed by atoms with E-state index < -0.39 is 0 Å². The lowest BCUT2D eigenvalue weighted by Crippen LogP contribution is -2.17. The van der Waals surface area contributed by atoms with Crippen molar-refractivity contribution in [3.8, 4) is 21.8 Å². The first-order valence-corrected chi connectivity index (χ1v) is 11.7. The van der Waals surface area contributed by atoms with Crippen LogP contribution in [0.3, 0.4) is 0 Å². The molecule has 0 unspecified atom stereocenters. The number of anilines is 2. The number of thiophene rings is 1. The standard InChI is InChI=1S/C26H24N4OS/c27-19-12-13-20-18(16-19)11-14-21-24(20)30-25(22-9-5-15-32-22)26(28-21)29-23(31)10-4-8-17-6-2-1-3-7-17/h1-3,5-7,9,12-13,15-16H,4,8,10-11,14,27H2,(H,28,29,31). The van der Waals surface area contributed by atoms with Gasteiger partial charge in [0.2, 0.25) is 5.91 Å². The van der Waals surface area contributed by atoms with Gasteiger partial charge in [0.15, 0.2) is 5.82 Å². The van der Waals surface area contributed by atoms with Gasteiger partial charge in [0.05, 0.1) is 16.3 Å². The number of nitrogens with zero attached hydrogens (tertiary/aromatic N) is 2. The largest absolute Gasteiger partial charge is 0.399 e. The van der Waals surface area contributed by atoms with Crippen LogP contribution in [0, 0.1) is 0 Å². The van der Waals surface area contributed by atoms with E-state index >= 15 is 0 Å². The normalized spacial score (nSPS) is 12.1. The van der Waals surface area contributed by atoms with Gasteiger partial charge in [0.25, 0.3) is 0 Å². The number of fused-ring (bicyclic) bond motifs is 3. The molecule has 0 radical (unpaired) electrons. The summed E-state index contributed by atoms with van der Waals surface area (Å²) in [5.74, 6) is 0.520. The van der Waals surface area contributed by atoms with Crippen molar-refractivity contribution >= 4 is 28.7 Å². The molecule has 2 aromatic carbocycles. The lowest BCUT2D eigenvalue weighted by molar-refractivity contribution is -0.116. The summed E-state index contributed by atoms with van der Waals surface area (Å²) in [5, 5.41) is 5.05. The van der Waals surface area contributed by atoms with Crippen molar-refractivity contribution in [3.05, 3.63) is 82.9 Å². The highest BCUT2D eigenvalue weighted by Crippen LogP contribution is 2.37. The molecule has 0 atom stereocenters. The maximum absolute atomic E-state index is 12.7. The predicted octanol–water partition coefficient (Wildman–Crippen LogP) is 5.51. The van der Waals surface area contributed by atoms with Crippen molar-refractivity contribution < 1.29 is 4.79 Å². The molecule has 0 saturated heterocycles. The van der Waals surface area contributed by atoms with Crippen molar-refractivity contribution in [2.45, 2.75) is 32.1 Å². The number of amides is 1. The smallest absolute Gasteiger partial charge is 0.225 e. The van der Waals surface area contributed by atoms with Gasteiger partial charge in [-0.2, -0.15) is 0 Å². The number of aryl methyl sites for hydroxylation is 3. The van der Waals surface area contributed by atoms with Crippen LogP contribution in [-0.4, -0.2) is 15.9 Å². The van der Waals surface area contributed by atoms with Crippen molar-refractivity contribution in [2.75, 3.05) is 11.1 Å². The summed E-state index contributed by atoms with van der Waals surface area (Å²) in [4.78, 5) is 23.6. The summed E-state index contributed by atoms with van der Waals surface area (Å²) in [6.45, 7) is 0. The molecule has 5 rings (SSSR count). The molecule has 0 fully saturated rings. The molecule has 32 heavy (non-hydrogen) atoms. The Balaban J connectivity index is 1.41. The van der Waals surface area contributed by atoms with Crippen LogP contribution in [-0.2, 0) is 24.1 Å². The molecule has 4 aromatic rings. The minimum atomic E-state index is -0.0306. The SMILES string of the molecule is Nc1ccc2c(c1)CCc1nc(NC(=O)CCCc3ccccc3)c(-c3cccs3)nc1-2. The Kier molecular flexibility index (Phi) is 5.69. The zero-order valence-corrected chi connectivity index (χ0v) is 18.5. The molecular weight excluding hydrogens is 416 g/mol. The van der Waals surface area contributed by atoms with Gasteiger partial charge in [-0.05, 0) is 60.4 Å².